The summed E-state index contributed by atoms with van der Waals surface area (Å²) < 4.78 is 0. The summed E-state index contributed by atoms with van der Waals surface area (Å²) in [6.45, 7) is 2.42. The van der Waals surface area contributed by atoms with E-state index in [4.69, 9.17) is 0 Å². The van der Waals surface area contributed by atoms with Crippen molar-refractivity contribution in [3.05, 3.63) is 11.6 Å². The van der Waals surface area contributed by atoms with Crippen molar-refractivity contribution in [2.75, 3.05) is 38.6 Å². The van der Waals surface area contributed by atoms with Crippen molar-refractivity contribution in [3.63, 3.8) is 0 Å². The van der Waals surface area contributed by atoms with Crippen molar-refractivity contribution < 1.29 is 4.79 Å². The quantitative estimate of drug-likeness (QED) is 0.791. The van der Waals surface area contributed by atoms with Crippen molar-refractivity contribution >= 4 is 22.4 Å². The van der Waals surface area contributed by atoms with Crippen LogP contribution < -0.4 is 10.2 Å². The summed E-state index contributed by atoms with van der Waals surface area (Å²) in [7, 11) is 3.58. The van der Waals surface area contributed by atoms with Gasteiger partial charge in [-0.2, -0.15) is 0 Å². The molecule has 1 aliphatic rings. The highest BCUT2D eigenvalue weighted by Crippen LogP contribution is 2.21. The van der Waals surface area contributed by atoms with Crippen LogP contribution in [0.2, 0.25) is 0 Å². The van der Waals surface area contributed by atoms with Crippen LogP contribution >= 0.6 is 11.3 Å². The number of rotatable bonds is 2. The second-order valence-electron chi connectivity index (χ2n) is 3.96. The minimum atomic E-state index is -0.130. The Bertz CT molecular complexity index is 352. The highest BCUT2D eigenvalue weighted by atomic mass is 32.1. The molecule has 1 aromatic heterocycles. The topological polar surface area (TPSA) is 48.5 Å². The van der Waals surface area contributed by atoms with Crippen LogP contribution in [0, 0.1) is 0 Å². The maximum absolute atomic E-state index is 12.0. The number of hydrogen-bond acceptors (Lipinski definition) is 5. The van der Waals surface area contributed by atoms with Gasteiger partial charge in [-0.25, -0.2) is 4.98 Å². The van der Waals surface area contributed by atoms with Gasteiger partial charge in [0.25, 0.3) is 0 Å². The van der Waals surface area contributed by atoms with Crippen LogP contribution in [0.25, 0.3) is 0 Å². The fraction of sp³-hybridized carbons (Fsp3) is 0.600. The maximum Gasteiger partial charge on any atom is 0.246 e. The number of hydrogen-bond donors (Lipinski definition) is 1. The van der Waals surface area contributed by atoms with Crippen LogP contribution in [0.3, 0.4) is 0 Å². The Kier molecular flexibility index (Phi) is 3.40. The van der Waals surface area contributed by atoms with Crippen LogP contribution in [0.15, 0.2) is 11.6 Å². The summed E-state index contributed by atoms with van der Waals surface area (Å²) in [4.78, 5) is 20.0. The molecule has 1 N–H and O–H groups in total. The average molecular weight is 240 g/mol. The van der Waals surface area contributed by atoms with E-state index in [-0.39, 0.29) is 11.9 Å². The minimum Gasteiger partial charge on any atom is -0.347 e. The Balaban J connectivity index is 2.17. The molecule has 0 aromatic carbocycles. The zero-order valence-electron chi connectivity index (χ0n) is 9.51. The molecule has 6 heteroatoms. The molecule has 5 nitrogen and oxygen atoms in total. The number of carbonyl (C=O) groups excluding carboxylic acids is 1. The number of likely N-dealkylation sites (N-methyl/N-ethyl adjacent to an activating group) is 1. The number of thiazole rings is 1. The number of nitrogens with one attached hydrogen (secondary N) is 1. The van der Waals surface area contributed by atoms with Gasteiger partial charge in [0.15, 0.2) is 5.13 Å². The number of carbonyl (C=O) groups is 1. The molecule has 1 atom stereocenters. The molecule has 0 radical (unpaired) electrons. The largest absolute Gasteiger partial charge is 0.347 e. The van der Waals surface area contributed by atoms with Crippen LogP contribution in [-0.4, -0.2) is 55.6 Å². The van der Waals surface area contributed by atoms with Gasteiger partial charge in [0.05, 0.1) is 0 Å². The van der Waals surface area contributed by atoms with Gasteiger partial charge in [-0.3, -0.25) is 4.79 Å². The van der Waals surface area contributed by atoms with E-state index in [0.29, 0.717) is 6.54 Å². The molecule has 0 spiro atoms. The Morgan fingerprint density at radius 2 is 2.50 bits per heavy atom. The van der Waals surface area contributed by atoms with Crippen molar-refractivity contribution in [3.8, 4) is 0 Å². The summed E-state index contributed by atoms with van der Waals surface area (Å²) >= 11 is 1.58. The molecule has 1 aromatic rings. The van der Waals surface area contributed by atoms with Gasteiger partial charge < -0.3 is 15.1 Å². The normalized spacial score (nSPS) is 20.9. The van der Waals surface area contributed by atoms with E-state index in [1.807, 2.05) is 5.38 Å². The van der Waals surface area contributed by atoms with E-state index < -0.39 is 0 Å². The van der Waals surface area contributed by atoms with Crippen LogP contribution in [-0.2, 0) is 4.79 Å². The maximum atomic E-state index is 12.0. The van der Waals surface area contributed by atoms with E-state index in [1.54, 1.807) is 36.5 Å². The van der Waals surface area contributed by atoms with E-state index in [1.165, 1.54) is 0 Å². The molecular weight excluding hydrogens is 224 g/mol. The molecule has 0 saturated carbocycles. The van der Waals surface area contributed by atoms with Crippen LogP contribution in [0.5, 0.6) is 0 Å². The lowest BCUT2D eigenvalue weighted by atomic mass is 10.2. The molecule has 2 rings (SSSR count). The van der Waals surface area contributed by atoms with Crippen molar-refractivity contribution in [2.45, 2.75) is 6.04 Å². The molecule has 1 fully saturated rings. The third-order valence-electron chi connectivity index (χ3n) is 2.63. The number of piperazine rings is 1. The Labute approximate surface area is 99.1 Å². The van der Waals surface area contributed by atoms with E-state index in [9.17, 15) is 4.79 Å². The lowest BCUT2D eigenvalue weighted by Gasteiger charge is -2.36. The van der Waals surface area contributed by atoms with Crippen molar-refractivity contribution in [1.29, 1.82) is 0 Å². The first-order valence-corrected chi connectivity index (χ1v) is 6.16. The zero-order valence-corrected chi connectivity index (χ0v) is 10.3. The second-order valence-corrected chi connectivity index (χ2v) is 4.83. The van der Waals surface area contributed by atoms with E-state index >= 15 is 0 Å². The molecule has 88 valence electrons. The fourth-order valence-corrected chi connectivity index (χ4v) is 2.53. The number of anilines is 1. The third kappa shape index (κ3) is 2.17. The lowest BCUT2D eigenvalue weighted by Crippen LogP contribution is -2.57. The molecular formula is C10H16N4OS. The summed E-state index contributed by atoms with van der Waals surface area (Å²) in [5.74, 6) is 0.127. The van der Waals surface area contributed by atoms with Gasteiger partial charge in [0.1, 0.15) is 6.04 Å². The molecule has 0 aliphatic carbocycles. The molecule has 16 heavy (non-hydrogen) atoms. The number of aromatic nitrogens is 1. The molecule has 1 aliphatic heterocycles. The van der Waals surface area contributed by atoms with Gasteiger partial charge in [0, 0.05) is 45.3 Å². The van der Waals surface area contributed by atoms with Crippen molar-refractivity contribution in [2.24, 2.45) is 0 Å². The first-order chi connectivity index (χ1) is 7.70. The second kappa shape index (κ2) is 4.80. The van der Waals surface area contributed by atoms with Crippen molar-refractivity contribution in [1.82, 2.24) is 15.2 Å². The Morgan fingerprint density at radius 3 is 3.12 bits per heavy atom. The van der Waals surface area contributed by atoms with Gasteiger partial charge in [-0.15, -0.1) is 11.3 Å². The SMILES string of the molecule is CN(C)C(=O)C1CNCCN1c1nccs1. The Morgan fingerprint density at radius 1 is 1.69 bits per heavy atom. The molecule has 1 saturated heterocycles. The predicted molar refractivity (Wildman–Crippen MR) is 64.8 cm³/mol. The highest BCUT2D eigenvalue weighted by Gasteiger charge is 2.30. The Hall–Kier alpha value is -1.14. The van der Waals surface area contributed by atoms with E-state index in [0.717, 1.165) is 18.2 Å². The minimum absolute atomic E-state index is 0.127. The van der Waals surface area contributed by atoms with E-state index in [2.05, 4.69) is 15.2 Å². The van der Waals surface area contributed by atoms with Gasteiger partial charge in [-0.1, -0.05) is 0 Å². The fourth-order valence-electron chi connectivity index (χ4n) is 1.81. The first kappa shape index (κ1) is 11.3. The lowest BCUT2D eigenvalue weighted by molar-refractivity contribution is -0.130. The smallest absolute Gasteiger partial charge is 0.246 e. The van der Waals surface area contributed by atoms with Crippen LogP contribution in [0.4, 0.5) is 5.13 Å². The zero-order chi connectivity index (χ0) is 11.5. The highest BCUT2D eigenvalue weighted by molar-refractivity contribution is 7.13. The molecule has 0 bridgehead atoms. The standard InChI is InChI=1S/C10H16N4OS/c1-13(2)9(15)8-7-11-3-5-14(8)10-12-4-6-16-10/h4,6,8,11H,3,5,7H2,1-2H3. The third-order valence-corrected chi connectivity index (χ3v) is 3.44. The molecule has 1 unspecified atom stereocenters. The van der Waals surface area contributed by atoms with Crippen LogP contribution in [0.1, 0.15) is 0 Å². The molecule has 1 amide bonds. The number of nitrogens with zero attached hydrogens (tertiary/aromatic N) is 3. The number of amides is 1. The molecule has 2 heterocycles. The summed E-state index contributed by atoms with van der Waals surface area (Å²) in [6.07, 6.45) is 1.78. The summed E-state index contributed by atoms with van der Waals surface area (Å²) in [6, 6.07) is -0.130. The van der Waals surface area contributed by atoms with Gasteiger partial charge in [0.2, 0.25) is 5.91 Å². The van der Waals surface area contributed by atoms with Gasteiger partial charge in [-0.05, 0) is 0 Å². The van der Waals surface area contributed by atoms with Gasteiger partial charge >= 0.3 is 0 Å². The average Bonchev–Trinajstić information content (AvgIpc) is 2.81. The summed E-state index contributed by atoms with van der Waals surface area (Å²) in [5, 5.41) is 6.12. The first-order valence-electron chi connectivity index (χ1n) is 5.28. The monoisotopic (exact) mass is 240 g/mol. The summed E-state index contributed by atoms with van der Waals surface area (Å²) in [5.41, 5.74) is 0. The predicted octanol–water partition coefficient (Wildman–Crippen LogP) is 0.00950.